The van der Waals surface area contributed by atoms with Crippen LogP contribution in [-0.2, 0) is 0 Å². The van der Waals surface area contributed by atoms with Gasteiger partial charge in [-0.15, -0.1) is 0 Å². The predicted octanol–water partition coefficient (Wildman–Crippen LogP) is 2.40. The maximum atomic E-state index is 12.8. The third kappa shape index (κ3) is 3.17. The number of rotatable bonds is 3. The fourth-order valence-corrected chi connectivity index (χ4v) is 1.49. The van der Waals surface area contributed by atoms with Crippen molar-refractivity contribution >= 4 is 23.0 Å². The van der Waals surface area contributed by atoms with E-state index in [0.717, 1.165) is 5.56 Å². The second-order valence-corrected chi connectivity index (χ2v) is 4.12. The molecule has 2 aromatic rings. The molecule has 0 unspecified atom stereocenters. The van der Waals surface area contributed by atoms with Gasteiger partial charge in [0.2, 0.25) is 0 Å². The molecule has 19 heavy (non-hydrogen) atoms. The van der Waals surface area contributed by atoms with Crippen LogP contribution in [0.15, 0.2) is 40.4 Å². The number of H-pyrrole nitrogens is 1. The SMILES string of the molecule is C/C(=N/Nc1cn[nH]c(=O)c1Cl)c1ccc(F)cc1. The summed E-state index contributed by atoms with van der Waals surface area (Å²) >= 11 is 5.78. The van der Waals surface area contributed by atoms with E-state index in [1.165, 1.54) is 18.3 Å². The highest BCUT2D eigenvalue weighted by Gasteiger charge is 2.04. The highest BCUT2D eigenvalue weighted by atomic mass is 35.5. The second kappa shape index (κ2) is 5.62. The minimum Gasteiger partial charge on any atom is -0.275 e. The number of anilines is 1. The van der Waals surface area contributed by atoms with Crippen molar-refractivity contribution in [2.45, 2.75) is 6.92 Å². The Hall–Kier alpha value is -2.21. The number of halogens is 2. The average molecular weight is 281 g/mol. The monoisotopic (exact) mass is 280 g/mol. The Bertz CT molecular complexity index is 666. The first-order valence-corrected chi connectivity index (χ1v) is 5.75. The van der Waals surface area contributed by atoms with Crippen LogP contribution in [0.5, 0.6) is 0 Å². The van der Waals surface area contributed by atoms with Crippen molar-refractivity contribution in [3.8, 4) is 0 Å². The maximum Gasteiger partial charge on any atom is 0.285 e. The summed E-state index contributed by atoms with van der Waals surface area (Å²) in [4.78, 5) is 11.2. The van der Waals surface area contributed by atoms with Gasteiger partial charge in [-0.05, 0) is 24.6 Å². The lowest BCUT2D eigenvalue weighted by Crippen LogP contribution is -2.10. The van der Waals surface area contributed by atoms with Crippen molar-refractivity contribution in [1.29, 1.82) is 0 Å². The molecule has 2 N–H and O–H groups in total. The van der Waals surface area contributed by atoms with Crippen molar-refractivity contribution in [2.75, 3.05) is 5.43 Å². The molecule has 0 aliphatic heterocycles. The zero-order valence-corrected chi connectivity index (χ0v) is 10.7. The Morgan fingerprint density at radius 1 is 1.42 bits per heavy atom. The maximum absolute atomic E-state index is 12.8. The number of hydrogen-bond acceptors (Lipinski definition) is 4. The van der Waals surface area contributed by atoms with Crippen LogP contribution in [0.4, 0.5) is 10.1 Å². The lowest BCUT2D eigenvalue weighted by molar-refractivity contribution is 0.628. The smallest absolute Gasteiger partial charge is 0.275 e. The first kappa shape index (κ1) is 13.2. The Kier molecular flexibility index (Phi) is 3.91. The van der Waals surface area contributed by atoms with E-state index >= 15 is 0 Å². The molecule has 1 aromatic carbocycles. The number of hydrogen-bond donors (Lipinski definition) is 2. The van der Waals surface area contributed by atoms with E-state index in [1.807, 2.05) is 0 Å². The summed E-state index contributed by atoms with van der Waals surface area (Å²) in [6, 6.07) is 5.90. The van der Waals surface area contributed by atoms with Gasteiger partial charge in [-0.25, -0.2) is 9.49 Å². The van der Waals surface area contributed by atoms with Gasteiger partial charge in [0.1, 0.15) is 16.5 Å². The number of nitrogens with zero attached hydrogens (tertiary/aromatic N) is 2. The summed E-state index contributed by atoms with van der Waals surface area (Å²) in [5.74, 6) is -0.314. The largest absolute Gasteiger partial charge is 0.285 e. The van der Waals surface area contributed by atoms with Gasteiger partial charge < -0.3 is 0 Å². The van der Waals surface area contributed by atoms with Crippen LogP contribution >= 0.6 is 11.6 Å². The molecule has 2 rings (SSSR count). The van der Waals surface area contributed by atoms with Gasteiger partial charge in [-0.2, -0.15) is 10.2 Å². The molecule has 0 aliphatic rings. The van der Waals surface area contributed by atoms with Gasteiger partial charge in [0.25, 0.3) is 5.56 Å². The van der Waals surface area contributed by atoms with Gasteiger partial charge >= 0.3 is 0 Å². The molecule has 0 fully saturated rings. The fraction of sp³-hybridized carbons (Fsp3) is 0.0833. The normalized spacial score (nSPS) is 11.4. The van der Waals surface area contributed by atoms with Crippen molar-refractivity contribution in [1.82, 2.24) is 10.2 Å². The molecule has 5 nitrogen and oxygen atoms in total. The standard InChI is InChI=1S/C12H10ClFN4O/c1-7(8-2-4-9(14)5-3-8)16-17-10-6-15-18-12(19)11(10)13/h2-6H,1H3,(H2,17,18,19)/b16-7-. The summed E-state index contributed by atoms with van der Waals surface area (Å²) in [7, 11) is 0. The number of aromatic nitrogens is 2. The number of nitrogens with one attached hydrogen (secondary N) is 2. The number of aromatic amines is 1. The fourth-order valence-electron chi connectivity index (χ4n) is 1.36. The molecule has 0 atom stereocenters. The summed E-state index contributed by atoms with van der Waals surface area (Å²) in [5.41, 5.74) is 3.82. The lowest BCUT2D eigenvalue weighted by atomic mass is 10.1. The Morgan fingerprint density at radius 2 is 2.11 bits per heavy atom. The average Bonchev–Trinajstić information content (AvgIpc) is 2.41. The summed E-state index contributed by atoms with van der Waals surface area (Å²) < 4.78 is 12.8. The molecule has 98 valence electrons. The molecule has 0 bridgehead atoms. The first-order valence-electron chi connectivity index (χ1n) is 5.37. The topological polar surface area (TPSA) is 70.1 Å². The second-order valence-electron chi connectivity index (χ2n) is 3.74. The molecule has 0 amide bonds. The van der Waals surface area contributed by atoms with Gasteiger partial charge in [0, 0.05) is 0 Å². The Morgan fingerprint density at radius 3 is 2.79 bits per heavy atom. The van der Waals surface area contributed by atoms with Gasteiger partial charge in [-0.1, -0.05) is 23.7 Å². The van der Waals surface area contributed by atoms with Gasteiger partial charge in [-0.3, -0.25) is 10.2 Å². The van der Waals surface area contributed by atoms with Crippen molar-refractivity contribution in [3.05, 3.63) is 57.2 Å². The van der Waals surface area contributed by atoms with E-state index in [4.69, 9.17) is 11.6 Å². The molecular formula is C12H10ClFN4O. The predicted molar refractivity (Wildman–Crippen MR) is 72.1 cm³/mol. The quantitative estimate of drug-likeness (QED) is 0.670. The Balaban J connectivity index is 2.20. The van der Waals surface area contributed by atoms with Crippen LogP contribution < -0.4 is 11.0 Å². The third-order valence-electron chi connectivity index (χ3n) is 2.40. The minimum atomic E-state index is -0.499. The van der Waals surface area contributed by atoms with Gasteiger partial charge in [0.15, 0.2) is 0 Å². The van der Waals surface area contributed by atoms with Crippen LogP contribution in [0.2, 0.25) is 5.02 Å². The highest BCUT2D eigenvalue weighted by molar-refractivity contribution is 6.32. The molecule has 0 radical (unpaired) electrons. The van der Waals surface area contributed by atoms with E-state index in [-0.39, 0.29) is 10.8 Å². The van der Waals surface area contributed by atoms with Crippen LogP contribution in [-0.4, -0.2) is 15.9 Å². The zero-order chi connectivity index (χ0) is 13.8. The molecule has 0 saturated heterocycles. The van der Waals surface area contributed by atoms with E-state index < -0.39 is 5.56 Å². The van der Waals surface area contributed by atoms with Crippen molar-refractivity contribution in [2.24, 2.45) is 5.10 Å². The highest BCUT2D eigenvalue weighted by Crippen LogP contribution is 2.14. The number of hydrazone groups is 1. The van der Waals surface area contributed by atoms with Crippen LogP contribution in [0.25, 0.3) is 0 Å². The van der Waals surface area contributed by atoms with E-state index in [9.17, 15) is 9.18 Å². The molecular weight excluding hydrogens is 271 g/mol. The van der Waals surface area contributed by atoms with Crippen LogP contribution in [0, 0.1) is 5.82 Å². The molecule has 0 aliphatic carbocycles. The van der Waals surface area contributed by atoms with Crippen LogP contribution in [0.3, 0.4) is 0 Å². The molecule has 7 heteroatoms. The third-order valence-corrected chi connectivity index (χ3v) is 2.78. The van der Waals surface area contributed by atoms with E-state index in [1.54, 1.807) is 19.1 Å². The lowest BCUT2D eigenvalue weighted by Gasteiger charge is -2.04. The minimum absolute atomic E-state index is 0.0225. The molecule has 1 aromatic heterocycles. The van der Waals surface area contributed by atoms with Crippen molar-refractivity contribution in [3.63, 3.8) is 0 Å². The molecule has 1 heterocycles. The Labute approximate surface area is 113 Å². The van der Waals surface area contributed by atoms with E-state index in [2.05, 4.69) is 20.7 Å². The number of benzene rings is 1. The molecule has 0 spiro atoms. The summed E-state index contributed by atoms with van der Waals surface area (Å²) in [6.45, 7) is 1.74. The molecule has 0 saturated carbocycles. The van der Waals surface area contributed by atoms with E-state index in [0.29, 0.717) is 11.4 Å². The first-order chi connectivity index (χ1) is 9.08. The summed E-state index contributed by atoms with van der Waals surface area (Å²) in [5, 5.41) is 9.84. The zero-order valence-electron chi connectivity index (χ0n) is 9.95. The summed E-state index contributed by atoms with van der Waals surface area (Å²) in [6.07, 6.45) is 1.35. The van der Waals surface area contributed by atoms with Gasteiger partial charge in [0.05, 0.1) is 11.9 Å². The van der Waals surface area contributed by atoms with Crippen LogP contribution in [0.1, 0.15) is 12.5 Å². The van der Waals surface area contributed by atoms with Crippen molar-refractivity contribution < 1.29 is 4.39 Å².